The van der Waals surface area contributed by atoms with Gasteiger partial charge in [0.25, 0.3) is 12.3 Å². The molecule has 1 unspecified atom stereocenters. The normalized spacial score (nSPS) is 15.9. The molecule has 1 saturated heterocycles. The van der Waals surface area contributed by atoms with Gasteiger partial charge in [0, 0.05) is 43.0 Å². The summed E-state index contributed by atoms with van der Waals surface area (Å²) in [5.41, 5.74) is 3.12. The Kier molecular flexibility index (Phi) is 7.72. The fourth-order valence-corrected chi connectivity index (χ4v) is 5.67. The fraction of sp³-hybridized carbons (Fsp3) is 0.286. The number of pyridine rings is 3. The van der Waals surface area contributed by atoms with Crippen LogP contribution < -0.4 is 15.5 Å². The van der Waals surface area contributed by atoms with Gasteiger partial charge in [-0.2, -0.15) is 0 Å². The monoisotopic (exact) mass is 566 g/mol. The number of rotatable bonds is 7. The molecule has 5 rings (SSSR count). The first-order valence-corrected chi connectivity index (χ1v) is 14.6. The molecule has 1 amide bonds. The van der Waals surface area contributed by atoms with Gasteiger partial charge >= 0.3 is 0 Å². The van der Waals surface area contributed by atoms with Crippen LogP contribution in [0.3, 0.4) is 0 Å². The third kappa shape index (κ3) is 5.92. The van der Waals surface area contributed by atoms with Gasteiger partial charge in [0.15, 0.2) is 9.84 Å². The van der Waals surface area contributed by atoms with Crippen LogP contribution in [-0.4, -0.2) is 67.6 Å². The lowest BCUT2D eigenvalue weighted by molar-refractivity contribution is 0.0950. The predicted octanol–water partition coefficient (Wildman–Crippen LogP) is 3.38. The molecule has 1 aromatic carbocycles. The summed E-state index contributed by atoms with van der Waals surface area (Å²) in [6.07, 6.45) is 0.254. The van der Waals surface area contributed by atoms with E-state index in [1.54, 1.807) is 60.5 Å². The Bertz CT molecular complexity index is 1680. The maximum absolute atomic E-state index is 13.6. The van der Waals surface area contributed by atoms with Crippen molar-refractivity contribution >= 4 is 32.5 Å². The lowest BCUT2D eigenvalue weighted by Gasteiger charge is -2.36. The molecular formula is C28H28F2N6O3S. The summed E-state index contributed by atoms with van der Waals surface area (Å²) < 4.78 is 51.2. The first-order valence-electron chi connectivity index (χ1n) is 12.7. The van der Waals surface area contributed by atoms with E-state index in [-0.39, 0.29) is 23.5 Å². The van der Waals surface area contributed by atoms with E-state index in [9.17, 15) is 22.0 Å². The smallest absolute Gasteiger partial charge is 0.259 e. The minimum Gasteiger partial charge on any atom is -0.346 e. The summed E-state index contributed by atoms with van der Waals surface area (Å²) in [4.78, 5) is 28.2. The van der Waals surface area contributed by atoms with Crippen molar-refractivity contribution in [2.24, 2.45) is 0 Å². The number of nitrogens with one attached hydrogen (secondary N) is 2. The molecule has 1 fully saturated rings. The highest BCUT2D eigenvalue weighted by Gasteiger charge is 2.31. The first kappa shape index (κ1) is 27.5. The Balaban J connectivity index is 1.35. The Morgan fingerprint density at radius 2 is 1.93 bits per heavy atom. The van der Waals surface area contributed by atoms with Crippen LogP contribution in [0.15, 0.2) is 65.7 Å². The Morgan fingerprint density at radius 3 is 2.70 bits per heavy atom. The highest BCUT2D eigenvalue weighted by molar-refractivity contribution is 7.90. The number of aryl methyl sites for hydroxylation is 1. The number of alkyl halides is 2. The summed E-state index contributed by atoms with van der Waals surface area (Å²) in [7, 11) is -3.47. The Morgan fingerprint density at radius 1 is 1.12 bits per heavy atom. The molecule has 4 heterocycles. The van der Waals surface area contributed by atoms with E-state index in [0.29, 0.717) is 47.1 Å². The van der Waals surface area contributed by atoms with Gasteiger partial charge in [-0.05, 0) is 55.0 Å². The molecule has 0 aliphatic carbocycles. The molecule has 0 radical (unpaired) electrons. The molecule has 12 heteroatoms. The quantitative estimate of drug-likeness (QED) is 0.350. The Hall–Kier alpha value is -4.03. The van der Waals surface area contributed by atoms with E-state index in [0.717, 1.165) is 11.6 Å². The molecule has 1 aliphatic rings. The molecule has 1 atom stereocenters. The number of benzene rings is 1. The number of halogens is 2. The predicted molar refractivity (Wildman–Crippen MR) is 148 cm³/mol. The van der Waals surface area contributed by atoms with Gasteiger partial charge < -0.3 is 15.5 Å². The number of hydrogen-bond donors (Lipinski definition) is 2. The summed E-state index contributed by atoms with van der Waals surface area (Å²) in [5.74, 6) is 0.0454. The van der Waals surface area contributed by atoms with E-state index in [4.69, 9.17) is 4.98 Å². The Labute approximate surface area is 230 Å². The zero-order chi connectivity index (χ0) is 28.4. The third-order valence-electron chi connectivity index (χ3n) is 6.78. The van der Waals surface area contributed by atoms with Crippen LogP contribution in [0.2, 0.25) is 0 Å². The molecule has 2 N–H and O–H groups in total. The van der Waals surface area contributed by atoms with Gasteiger partial charge in [0.1, 0.15) is 11.9 Å². The number of hydrogen-bond acceptors (Lipinski definition) is 8. The van der Waals surface area contributed by atoms with Crippen LogP contribution >= 0.6 is 0 Å². The molecule has 3 aromatic heterocycles. The lowest BCUT2D eigenvalue weighted by Crippen LogP contribution is -2.55. The van der Waals surface area contributed by atoms with Crippen LogP contribution in [0.4, 0.5) is 14.6 Å². The number of carbonyl (C=O) groups excluding carboxylic acids is 1. The highest BCUT2D eigenvalue weighted by atomic mass is 32.2. The molecular weight excluding hydrogens is 538 g/mol. The lowest BCUT2D eigenvalue weighted by atomic mass is 10.1. The minimum atomic E-state index is -3.47. The number of anilines is 1. The number of fused-ring (bicyclic) bond motifs is 1. The summed E-state index contributed by atoms with van der Waals surface area (Å²) in [5, 5.41) is 6.56. The molecule has 40 heavy (non-hydrogen) atoms. The molecule has 9 nitrogen and oxygen atoms in total. The van der Waals surface area contributed by atoms with Crippen molar-refractivity contribution in [3.8, 4) is 11.4 Å². The average molecular weight is 567 g/mol. The zero-order valence-corrected chi connectivity index (χ0v) is 22.8. The summed E-state index contributed by atoms with van der Waals surface area (Å²) >= 11 is 0. The van der Waals surface area contributed by atoms with E-state index in [1.807, 2.05) is 6.07 Å². The maximum Gasteiger partial charge on any atom is 0.259 e. The van der Waals surface area contributed by atoms with E-state index in [1.165, 1.54) is 6.07 Å². The summed E-state index contributed by atoms with van der Waals surface area (Å²) in [6, 6.07) is 14.3. The van der Waals surface area contributed by atoms with Crippen LogP contribution in [-0.2, 0) is 16.4 Å². The average Bonchev–Trinajstić information content (AvgIpc) is 2.95. The molecule has 0 saturated carbocycles. The van der Waals surface area contributed by atoms with Crippen LogP contribution in [0.5, 0.6) is 0 Å². The van der Waals surface area contributed by atoms with E-state index >= 15 is 0 Å². The molecule has 1 aliphatic heterocycles. The van der Waals surface area contributed by atoms with Crippen molar-refractivity contribution in [2.75, 3.05) is 30.8 Å². The fourth-order valence-electron chi connectivity index (χ4n) is 4.67. The molecule has 0 bridgehead atoms. The van der Waals surface area contributed by atoms with E-state index < -0.39 is 28.2 Å². The maximum atomic E-state index is 13.6. The highest BCUT2D eigenvalue weighted by Crippen LogP contribution is 2.25. The van der Waals surface area contributed by atoms with Crippen molar-refractivity contribution < 1.29 is 22.0 Å². The second kappa shape index (κ2) is 11.2. The molecule has 0 spiro atoms. The van der Waals surface area contributed by atoms with Crippen LogP contribution in [0, 0.1) is 6.92 Å². The number of aromatic nitrogens is 3. The minimum absolute atomic E-state index is 0.106. The van der Waals surface area contributed by atoms with Crippen molar-refractivity contribution in [3.05, 3.63) is 77.6 Å². The third-order valence-corrected chi connectivity index (χ3v) is 8.01. The standard InChI is InChI=1S/C28H28F2N6O3S/c1-17-6-7-18(12-25(17)40(2,38)39)28(37)33-15-20-13-23-19(14-32-20)8-9-22(34-23)21-4-3-5-26(35-21)36-11-10-31-16-24(36)27(29)30/h3-9,12-14,24,27,31H,10-11,15-16H2,1-2H3,(H,33,37). The van der Waals surface area contributed by atoms with Gasteiger partial charge in [-0.25, -0.2) is 27.2 Å². The topological polar surface area (TPSA) is 117 Å². The number of piperazine rings is 1. The van der Waals surface area contributed by atoms with Gasteiger partial charge in [-0.3, -0.25) is 9.78 Å². The largest absolute Gasteiger partial charge is 0.346 e. The van der Waals surface area contributed by atoms with Gasteiger partial charge in [-0.15, -0.1) is 0 Å². The molecule has 4 aromatic rings. The van der Waals surface area contributed by atoms with Crippen LogP contribution in [0.25, 0.3) is 22.3 Å². The van der Waals surface area contributed by atoms with Crippen molar-refractivity contribution in [3.63, 3.8) is 0 Å². The first-order chi connectivity index (χ1) is 19.1. The van der Waals surface area contributed by atoms with Gasteiger partial charge in [0.05, 0.1) is 34.0 Å². The van der Waals surface area contributed by atoms with Crippen molar-refractivity contribution in [2.45, 2.75) is 30.8 Å². The van der Waals surface area contributed by atoms with Crippen molar-refractivity contribution in [1.82, 2.24) is 25.6 Å². The summed E-state index contributed by atoms with van der Waals surface area (Å²) in [6.45, 7) is 2.99. The second-order valence-corrected chi connectivity index (χ2v) is 11.7. The number of amides is 1. The number of sulfone groups is 1. The molecule has 208 valence electrons. The van der Waals surface area contributed by atoms with Crippen molar-refractivity contribution in [1.29, 1.82) is 0 Å². The van der Waals surface area contributed by atoms with Crippen LogP contribution in [0.1, 0.15) is 21.6 Å². The second-order valence-electron chi connectivity index (χ2n) is 9.68. The van der Waals surface area contributed by atoms with Gasteiger partial charge in [0.2, 0.25) is 0 Å². The number of carbonyl (C=O) groups is 1. The zero-order valence-electron chi connectivity index (χ0n) is 21.9. The van der Waals surface area contributed by atoms with Gasteiger partial charge in [-0.1, -0.05) is 12.1 Å². The van der Waals surface area contributed by atoms with E-state index in [2.05, 4.69) is 20.6 Å². The number of nitrogens with zero attached hydrogens (tertiary/aromatic N) is 4. The SMILES string of the molecule is Cc1ccc(C(=O)NCc2cc3nc(-c4cccc(N5CCNCC5C(F)F)n4)ccc3cn2)cc1S(C)(=O)=O.